The van der Waals surface area contributed by atoms with E-state index >= 15 is 0 Å². The van der Waals surface area contributed by atoms with Crippen LogP contribution < -0.4 is 29.6 Å². The van der Waals surface area contributed by atoms with Gasteiger partial charge in [-0.05, 0) is 54.5 Å². The van der Waals surface area contributed by atoms with Crippen LogP contribution in [0.5, 0.6) is 23.0 Å². The SMILES string of the molecule is COc1cc(C(=O)NC(=S)Nc2ccc(OCC(C)C)cc2)cc(OC)c1OC. The number of rotatable bonds is 8. The first-order valence-electron chi connectivity index (χ1n) is 9.03. The number of nitrogens with one attached hydrogen (secondary N) is 2. The normalized spacial score (nSPS) is 10.3. The Bertz CT molecular complexity index is 828. The number of methoxy groups -OCH3 is 3. The molecule has 156 valence electrons. The van der Waals surface area contributed by atoms with Gasteiger partial charge in [0.2, 0.25) is 5.75 Å². The molecular weight excluding hydrogens is 392 g/mol. The summed E-state index contributed by atoms with van der Waals surface area (Å²) >= 11 is 5.24. The van der Waals surface area contributed by atoms with Crippen LogP contribution in [0.15, 0.2) is 36.4 Å². The first-order chi connectivity index (χ1) is 13.9. The number of ether oxygens (including phenoxy) is 4. The van der Waals surface area contributed by atoms with Gasteiger partial charge in [-0.2, -0.15) is 0 Å². The highest BCUT2D eigenvalue weighted by molar-refractivity contribution is 7.80. The molecule has 0 bridgehead atoms. The lowest BCUT2D eigenvalue weighted by molar-refractivity contribution is 0.0977. The molecule has 0 aliphatic rings. The van der Waals surface area contributed by atoms with Crippen molar-refractivity contribution in [3.8, 4) is 23.0 Å². The molecule has 0 aliphatic carbocycles. The zero-order valence-electron chi connectivity index (χ0n) is 17.2. The van der Waals surface area contributed by atoms with Crippen molar-refractivity contribution in [1.29, 1.82) is 0 Å². The predicted octanol–water partition coefficient (Wildman–Crippen LogP) is 3.87. The number of carbonyl (C=O) groups is 1. The van der Waals surface area contributed by atoms with Gasteiger partial charge in [-0.25, -0.2) is 0 Å². The molecule has 0 saturated carbocycles. The molecule has 1 amide bonds. The highest BCUT2D eigenvalue weighted by Gasteiger charge is 2.17. The second-order valence-electron chi connectivity index (χ2n) is 6.55. The zero-order valence-corrected chi connectivity index (χ0v) is 18.0. The van der Waals surface area contributed by atoms with Crippen LogP contribution in [0.1, 0.15) is 24.2 Å². The molecule has 0 atom stereocenters. The van der Waals surface area contributed by atoms with Crippen LogP contribution in [0.25, 0.3) is 0 Å². The van der Waals surface area contributed by atoms with Crippen LogP contribution in [-0.2, 0) is 0 Å². The third kappa shape index (κ3) is 6.25. The van der Waals surface area contributed by atoms with Crippen LogP contribution in [0.4, 0.5) is 5.69 Å². The lowest BCUT2D eigenvalue weighted by Crippen LogP contribution is -2.34. The maximum atomic E-state index is 12.6. The minimum absolute atomic E-state index is 0.166. The monoisotopic (exact) mass is 418 g/mol. The van der Waals surface area contributed by atoms with Gasteiger partial charge in [0.15, 0.2) is 16.6 Å². The van der Waals surface area contributed by atoms with E-state index in [0.717, 1.165) is 11.4 Å². The summed E-state index contributed by atoms with van der Waals surface area (Å²) in [5, 5.41) is 5.78. The number of amides is 1. The molecule has 0 aromatic heterocycles. The minimum Gasteiger partial charge on any atom is -0.493 e. The molecule has 0 aliphatic heterocycles. The second kappa shape index (κ2) is 10.5. The first kappa shape index (κ1) is 22.3. The molecule has 7 nitrogen and oxygen atoms in total. The van der Waals surface area contributed by atoms with Crippen molar-refractivity contribution < 1.29 is 23.7 Å². The third-order valence-electron chi connectivity index (χ3n) is 3.85. The lowest BCUT2D eigenvalue weighted by atomic mass is 10.1. The van der Waals surface area contributed by atoms with Crippen molar-refractivity contribution in [2.24, 2.45) is 5.92 Å². The molecule has 2 aromatic carbocycles. The quantitative estimate of drug-likeness (QED) is 0.630. The van der Waals surface area contributed by atoms with Gasteiger partial charge in [0.25, 0.3) is 5.91 Å². The molecule has 29 heavy (non-hydrogen) atoms. The fourth-order valence-electron chi connectivity index (χ4n) is 2.45. The summed E-state index contributed by atoms with van der Waals surface area (Å²) < 4.78 is 21.5. The van der Waals surface area contributed by atoms with Gasteiger partial charge in [0.1, 0.15) is 5.75 Å². The van der Waals surface area contributed by atoms with Crippen molar-refractivity contribution in [1.82, 2.24) is 5.32 Å². The van der Waals surface area contributed by atoms with Crippen molar-refractivity contribution in [2.45, 2.75) is 13.8 Å². The summed E-state index contributed by atoms with van der Waals surface area (Å²) in [5.41, 5.74) is 1.05. The molecule has 0 radical (unpaired) electrons. The Balaban J connectivity index is 2.03. The number of benzene rings is 2. The number of hydrogen-bond acceptors (Lipinski definition) is 6. The van der Waals surface area contributed by atoms with E-state index in [9.17, 15) is 4.79 Å². The Morgan fingerprint density at radius 3 is 2.07 bits per heavy atom. The van der Waals surface area contributed by atoms with Crippen molar-refractivity contribution >= 4 is 28.9 Å². The van der Waals surface area contributed by atoms with Crippen molar-refractivity contribution in [3.05, 3.63) is 42.0 Å². The van der Waals surface area contributed by atoms with Gasteiger partial charge in [-0.1, -0.05) is 13.8 Å². The van der Waals surface area contributed by atoms with Crippen molar-refractivity contribution in [3.63, 3.8) is 0 Å². The van der Waals surface area contributed by atoms with E-state index in [1.165, 1.54) is 21.3 Å². The maximum absolute atomic E-state index is 12.6. The zero-order chi connectivity index (χ0) is 21.4. The van der Waals surface area contributed by atoms with Gasteiger partial charge in [-0.3, -0.25) is 10.1 Å². The van der Waals surface area contributed by atoms with Gasteiger partial charge in [-0.15, -0.1) is 0 Å². The molecule has 8 heteroatoms. The Hall–Kier alpha value is -3.00. The molecule has 0 spiro atoms. The fraction of sp³-hybridized carbons (Fsp3) is 0.333. The van der Waals surface area contributed by atoms with Crippen LogP contribution >= 0.6 is 12.2 Å². The molecule has 2 rings (SSSR count). The summed E-state index contributed by atoms with van der Waals surface area (Å²) in [5.74, 6) is 1.99. The smallest absolute Gasteiger partial charge is 0.257 e. The number of thiocarbonyl (C=S) groups is 1. The van der Waals surface area contributed by atoms with E-state index in [0.29, 0.717) is 35.3 Å². The molecule has 0 unspecified atom stereocenters. The molecular formula is C21H26N2O5S. The van der Waals surface area contributed by atoms with Gasteiger partial charge < -0.3 is 24.3 Å². The summed E-state index contributed by atoms with van der Waals surface area (Å²) in [7, 11) is 4.47. The van der Waals surface area contributed by atoms with Crippen LogP contribution in [-0.4, -0.2) is 39.0 Å². The number of carbonyl (C=O) groups excluding carboxylic acids is 1. The maximum Gasteiger partial charge on any atom is 0.257 e. The highest BCUT2D eigenvalue weighted by Crippen LogP contribution is 2.38. The van der Waals surface area contributed by atoms with E-state index < -0.39 is 5.91 Å². The second-order valence-corrected chi connectivity index (χ2v) is 6.96. The fourth-order valence-corrected chi connectivity index (χ4v) is 2.66. The summed E-state index contributed by atoms with van der Waals surface area (Å²) in [6, 6.07) is 10.4. The van der Waals surface area contributed by atoms with Gasteiger partial charge in [0.05, 0.1) is 27.9 Å². The number of anilines is 1. The summed E-state index contributed by atoms with van der Waals surface area (Å²) in [6.45, 7) is 4.83. The lowest BCUT2D eigenvalue weighted by Gasteiger charge is -2.15. The standard InChI is InChI=1S/C21H26N2O5S/c1-13(2)12-28-16-8-6-15(7-9-16)22-21(29)23-20(24)14-10-17(25-3)19(27-5)18(11-14)26-4/h6-11,13H,12H2,1-5H3,(H2,22,23,24,29). The number of hydrogen-bond donors (Lipinski definition) is 2. The average Bonchev–Trinajstić information content (AvgIpc) is 2.71. The minimum atomic E-state index is -0.404. The topological polar surface area (TPSA) is 78.1 Å². The largest absolute Gasteiger partial charge is 0.493 e. The molecule has 2 N–H and O–H groups in total. The summed E-state index contributed by atoms with van der Waals surface area (Å²) in [4.78, 5) is 12.6. The van der Waals surface area contributed by atoms with Crippen molar-refractivity contribution in [2.75, 3.05) is 33.3 Å². The van der Waals surface area contributed by atoms with E-state index in [2.05, 4.69) is 24.5 Å². The van der Waals surface area contributed by atoms with E-state index in [1.54, 1.807) is 12.1 Å². The molecule has 0 heterocycles. The molecule has 2 aromatic rings. The molecule has 0 fully saturated rings. The van der Waals surface area contributed by atoms with Crippen LogP contribution in [0.3, 0.4) is 0 Å². The molecule has 0 saturated heterocycles. The highest BCUT2D eigenvalue weighted by atomic mass is 32.1. The van der Waals surface area contributed by atoms with E-state index in [-0.39, 0.29) is 5.11 Å². The Morgan fingerprint density at radius 2 is 1.59 bits per heavy atom. The predicted molar refractivity (Wildman–Crippen MR) is 117 cm³/mol. The first-order valence-corrected chi connectivity index (χ1v) is 9.44. The Morgan fingerprint density at radius 1 is 1.00 bits per heavy atom. The summed E-state index contributed by atoms with van der Waals surface area (Å²) in [6.07, 6.45) is 0. The van der Waals surface area contributed by atoms with Gasteiger partial charge >= 0.3 is 0 Å². The van der Waals surface area contributed by atoms with Crippen LogP contribution in [0.2, 0.25) is 0 Å². The van der Waals surface area contributed by atoms with E-state index in [4.69, 9.17) is 31.2 Å². The van der Waals surface area contributed by atoms with Crippen LogP contribution in [0, 0.1) is 5.92 Å². The Labute approximate surface area is 176 Å². The third-order valence-corrected chi connectivity index (χ3v) is 4.05. The Kier molecular flexibility index (Phi) is 8.09. The average molecular weight is 419 g/mol. The van der Waals surface area contributed by atoms with E-state index in [1.807, 2.05) is 24.3 Å². The van der Waals surface area contributed by atoms with Gasteiger partial charge in [0, 0.05) is 11.3 Å².